The van der Waals surface area contributed by atoms with Gasteiger partial charge in [-0.3, -0.25) is 19.9 Å². The van der Waals surface area contributed by atoms with Gasteiger partial charge in [-0.1, -0.05) is 48.0 Å². The number of pyridine rings is 1. The van der Waals surface area contributed by atoms with Gasteiger partial charge in [0.1, 0.15) is 11.8 Å². The van der Waals surface area contributed by atoms with Gasteiger partial charge in [-0.25, -0.2) is 0 Å². The number of phenols is 1. The third-order valence-corrected chi connectivity index (χ3v) is 5.81. The third-order valence-electron chi connectivity index (χ3n) is 5.81. The lowest BCUT2D eigenvalue weighted by Crippen LogP contribution is -2.51. The number of benzene rings is 2. The Morgan fingerprint density at radius 3 is 2.55 bits per heavy atom. The number of rotatable bonds is 5. The number of piperidine rings is 1. The minimum Gasteiger partial charge on any atom is -0.508 e. The zero-order chi connectivity index (χ0) is 22.0. The molecule has 2 aromatic carbocycles. The van der Waals surface area contributed by atoms with Crippen molar-refractivity contribution in [2.45, 2.75) is 37.9 Å². The highest BCUT2D eigenvalue weighted by Crippen LogP contribution is 2.43. The van der Waals surface area contributed by atoms with Crippen LogP contribution >= 0.6 is 0 Å². The molecule has 0 saturated carbocycles. The van der Waals surface area contributed by atoms with Crippen LogP contribution in [0, 0.1) is 17.0 Å². The van der Waals surface area contributed by atoms with Crippen LogP contribution in [0.4, 0.5) is 0 Å². The lowest BCUT2D eigenvalue weighted by molar-refractivity contribution is -0.537. The highest BCUT2D eigenvalue weighted by Gasteiger charge is 2.50. The van der Waals surface area contributed by atoms with Gasteiger partial charge in [0.15, 0.2) is 0 Å². The Morgan fingerprint density at radius 1 is 1.13 bits per heavy atom. The van der Waals surface area contributed by atoms with Crippen LogP contribution < -0.4 is 0 Å². The van der Waals surface area contributed by atoms with Crippen LogP contribution in [-0.2, 0) is 11.3 Å². The summed E-state index contributed by atoms with van der Waals surface area (Å²) >= 11 is 0. The Hall–Kier alpha value is -3.74. The van der Waals surface area contributed by atoms with Crippen molar-refractivity contribution in [3.63, 3.8) is 0 Å². The topological polar surface area (TPSA) is 96.6 Å². The number of nitrogens with zero attached hydrogens (tertiary/aromatic N) is 3. The second-order valence-electron chi connectivity index (χ2n) is 7.92. The largest absolute Gasteiger partial charge is 0.508 e. The van der Waals surface area contributed by atoms with Crippen LogP contribution in [-0.4, -0.2) is 31.9 Å². The van der Waals surface area contributed by atoms with E-state index in [2.05, 4.69) is 4.98 Å². The lowest BCUT2D eigenvalue weighted by atomic mass is 9.78. The number of nitro groups is 1. The molecule has 3 aromatic rings. The molecule has 4 rings (SSSR count). The van der Waals surface area contributed by atoms with E-state index in [4.69, 9.17) is 0 Å². The van der Waals surface area contributed by atoms with Crippen molar-refractivity contribution in [1.29, 1.82) is 0 Å². The van der Waals surface area contributed by atoms with Crippen molar-refractivity contribution in [2.75, 3.05) is 0 Å². The summed E-state index contributed by atoms with van der Waals surface area (Å²) in [4.78, 5) is 31.1. The van der Waals surface area contributed by atoms with Gasteiger partial charge in [0, 0.05) is 30.3 Å². The van der Waals surface area contributed by atoms with E-state index < -0.39 is 18.0 Å². The molecular weight excluding hydrogens is 394 g/mol. The first kappa shape index (κ1) is 20.5. The Balaban J connectivity index is 1.82. The predicted octanol–water partition coefficient (Wildman–Crippen LogP) is 4.00. The molecular formula is C24H23N3O4. The molecule has 0 spiro atoms. The Labute approximate surface area is 180 Å². The molecule has 2 heterocycles. The average molecular weight is 417 g/mol. The summed E-state index contributed by atoms with van der Waals surface area (Å²) in [7, 11) is 0. The minimum atomic E-state index is -1.03. The summed E-state index contributed by atoms with van der Waals surface area (Å²) < 4.78 is 0. The smallest absolute Gasteiger partial charge is 0.244 e. The molecule has 1 aliphatic heterocycles. The van der Waals surface area contributed by atoms with Gasteiger partial charge in [-0.15, -0.1) is 0 Å². The molecule has 31 heavy (non-hydrogen) atoms. The molecule has 3 atom stereocenters. The van der Waals surface area contributed by atoms with Crippen molar-refractivity contribution in [1.82, 2.24) is 9.88 Å². The molecule has 1 saturated heterocycles. The summed E-state index contributed by atoms with van der Waals surface area (Å²) in [5.74, 6) is -0.629. The van der Waals surface area contributed by atoms with Crippen molar-refractivity contribution in [3.8, 4) is 5.75 Å². The van der Waals surface area contributed by atoms with E-state index in [1.54, 1.807) is 35.5 Å². The monoisotopic (exact) mass is 417 g/mol. The molecule has 7 nitrogen and oxygen atoms in total. The van der Waals surface area contributed by atoms with Crippen molar-refractivity contribution >= 4 is 5.91 Å². The molecule has 1 N–H and O–H groups in total. The van der Waals surface area contributed by atoms with Gasteiger partial charge in [-0.05, 0) is 41.8 Å². The molecule has 1 aliphatic rings. The molecule has 1 fully saturated rings. The number of carbonyl (C=O) groups is 1. The summed E-state index contributed by atoms with van der Waals surface area (Å²) in [6.07, 6.45) is 3.37. The number of phenolic OH excluding ortho intramolecular Hbond substituents is 1. The normalized spacial score (nSPS) is 21.1. The summed E-state index contributed by atoms with van der Waals surface area (Å²) in [5, 5.41) is 22.1. The van der Waals surface area contributed by atoms with Crippen LogP contribution in [0.5, 0.6) is 5.75 Å². The molecule has 7 heteroatoms. The van der Waals surface area contributed by atoms with Gasteiger partial charge < -0.3 is 10.0 Å². The zero-order valence-electron chi connectivity index (χ0n) is 17.1. The van der Waals surface area contributed by atoms with Crippen molar-refractivity contribution in [2.24, 2.45) is 0 Å². The van der Waals surface area contributed by atoms with E-state index in [1.165, 1.54) is 12.1 Å². The lowest BCUT2D eigenvalue weighted by Gasteiger charge is -2.41. The Bertz CT molecular complexity index is 1090. The van der Waals surface area contributed by atoms with Crippen LogP contribution in [0.3, 0.4) is 0 Å². The zero-order valence-corrected chi connectivity index (χ0v) is 17.1. The van der Waals surface area contributed by atoms with E-state index in [-0.39, 0.29) is 29.5 Å². The first-order chi connectivity index (χ1) is 14.9. The summed E-state index contributed by atoms with van der Waals surface area (Å²) in [5.41, 5.74) is 3.20. The molecule has 0 aliphatic carbocycles. The number of carbonyl (C=O) groups excluding carboxylic acids is 1. The fourth-order valence-corrected chi connectivity index (χ4v) is 4.39. The molecule has 158 valence electrons. The molecule has 1 aromatic heterocycles. The first-order valence-electron chi connectivity index (χ1n) is 10.1. The summed E-state index contributed by atoms with van der Waals surface area (Å²) in [6.45, 7) is 2.16. The SMILES string of the molecule is Cc1cccc(C2CC(=O)N(Cc3cccnc3)[C@H](c3ccc(O)cc3)[C@H]2[N+](=O)[O-])c1. The van der Waals surface area contributed by atoms with Crippen molar-refractivity contribution in [3.05, 3.63) is 105 Å². The Morgan fingerprint density at radius 2 is 1.90 bits per heavy atom. The number of amides is 1. The van der Waals surface area contributed by atoms with Gasteiger partial charge in [0.25, 0.3) is 0 Å². The van der Waals surface area contributed by atoms with Gasteiger partial charge in [0.2, 0.25) is 11.9 Å². The average Bonchev–Trinajstić information content (AvgIpc) is 2.76. The molecule has 0 bridgehead atoms. The Kier molecular flexibility index (Phi) is 5.66. The van der Waals surface area contributed by atoms with Crippen LogP contribution in [0.1, 0.15) is 40.6 Å². The maximum Gasteiger partial charge on any atom is 0.244 e. The fourth-order valence-electron chi connectivity index (χ4n) is 4.39. The minimum absolute atomic E-state index is 0.0595. The number of aryl methyl sites for hydroxylation is 1. The van der Waals surface area contributed by atoms with Gasteiger partial charge in [-0.2, -0.15) is 0 Å². The van der Waals surface area contributed by atoms with E-state index >= 15 is 0 Å². The van der Waals surface area contributed by atoms with E-state index in [0.29, 0.717) is 5.56 Å². The molecule has 1 unspecified atom stereocenters. The first-order valence-corrected chi connectivity index (χ1v) is 10.1. The van der Waals surface area contributed by atoms with E-state index in [1.807, 2.05) is 37.3 Å². The van der Waals surface area contributed by atoms with Crippen molar-refractivity contribution < 1.29 is 14.8 Å². The predicted molar refractivity (Wildman–Crippen MR) is 115 cm³/mol. The standard InChI is InChI=1S/C24H23N3O4/c1-16-4-2-6-19(12-16)21-13-22(29)26(15-17-5-3-11-25-14-17)23(24(21)27(30)31)18-7-9-20(28)10-8-18/h2-12,14,21,23-24,28H,13,15H2,1H3/t21?,23-,24+/m1/s1. The number of hydrogen-bond donors (Lipinski definition) is 1. The van der Waals surface area contributed by atoms with E-state index in [9.17, 15) is 20.0 Å². The van der Waals surface area contributed by atoms with Crippen LogP contribution in [0.15, 0.2) is 73.1 Å². The second-order valence-corrected chi connectivity index (χ2v) is 7.92. The van der Waals surface area contributed by atoms with Gasteiger partial charge in [0.05, 0.1) is 5.92 Å². The van der Waals surface area contributed by atoms with Gasteiger partial charge >= 0.3 is 0 Å². The highest BCUT2D eigenvalue weighted by atomic mass is 16.6. The third kappa shape index (κ3) is 4.26. The van der Waals surface area contributed by atoms with Crippen LogP contribution in [0.25, 0.3) is 0 Å². The quantitative estimate of drug-likeness (QED) is 0.500. The fraction of sp³-hybridized carbons (Fsp3) is 0.250. The maximum absolute atomic E-state index is 13.3. The summed E-state index contributed by atoms with van der Waals surface area (Å²) in [6, 6.07) is 15.7. The van der Waals surface area contributed by atoms with E-state index in [0.717, 1.165) is 16.7 Å². The van der Waals surface area contributed by atoms with Crippen LogP contribution in [0.2, 0.25) is 0 Å². The maximum atomic E-state index is 13.3. The number of aromatic nitrogens is 1. The molecule has 0 radical (unpaired) electrons. The number of likely N-dealkylation sites (tertiary alicyclic amines) is 1. The number of hydrogen-bond acceptors (Lipinski definition) is 5. The molecule has 1 amide bonds. The second kappa shape index (κ2) is 8.55. The number of aromatic hydroxyl groups is 1. The highest BCUT2D eigenvalue weighted by molar-refractivity contribution is 5.79.